The van der Waals surface area contributed by atoms with Crippen LogP contribution in [-0.4, -0.2) is 30.2 Å². The first-order valence-corrected chi connectivity index (χ1v) is 8.78. The minimum Gasteiger partial charge on any atom is -0.494 e. The van der Waals surface area contributed by atoms with Crippen molar-refractivity contribution in [3.8, 4) is 5.75 Å². The number of ether oxygens (including phenoxy) is 2. The van der Waals surface area contributed by atoms with Crippen molar-refractivity contribution in [2.24, 2.45) is 5.92 Å². The summed E-state index contributed by atoms with van der Waals surface area (Å²) in [6.45, 7) is 8.64. The van der Waals surface area contributed by atoms with E-state index in [-0.39, 0.29) is 5.91 Å². The number of hydrogen-bond donors (Lipinski definition) is 1. The standard InChI is InChI=1S/C20H28N2O3/c1-6-12-25-20(4,13-14(2)3)19(23)22-16-9-10-17(24-5)18-15(16)8-7-11-21-18/h7-11,14H,6,12-13H2,1-5H3,(H,22,23)/t20-/m1/s1. The van der Waals surface area contributed by atoms with Crippen LogP contribution in [0.4, 0.5) is 5.69 Å². The third-order valence-electron chi connectivity index (χ3n) is 4.10. The highest BCUT2D eigenvalue weighted by Crippen LogP contribution is 2.31. The lowest BCUT2D eigenvalue weighted by Crippen LogP contribution is -2.44. The molecule has 0 aliphatic carbocycles. The lowest BCUT2D eigenvalue weighted by Gasteiger charge is -2.30. The van der Waals surface area contributed by atoms with Gasteiger partial charge in [0.15, 0.2) is 0 Å². The number of amides is 1. The lowest BCUT2D eigenvalue weighted by molar-refractivity contribution is -0.141. The van der Waals surface area contributed by atoms with Crippen LogP contribution in [0.5, 0.6) is 5.75 Å². The first-order chi connectivity index (χ1) is 11.9. The van der Waals surface area contributed by atoms with Crippen LogP contribution < -0.4 is 10.1 Å². The van der Waals surface area contributed by atoms with Crippen LogP contribution in [-0.2, 0) is 9.53 Å². The summed E-state index contributed by atoms with van der Waals surface area (Å²) in [7, 11) is 1.61. The summed E-state index contributed by atoms with van der Waals surface area (Å²) in [5, 5.41) is 3.88. The SMILES string of the molecule is CCCO[C@](C)(CC(C)C)C(=O)Nc1ccc(OC)c2ncccc12. The number of nitrogens with zero attached hydrogens (tertiary/aromatic N) is 1. The van der Waals surface area contributed by atoms with E-state index in [2.05, 4.69) is 24.1 Å². The number of hydrogen-bond acceptors (Lipinski definition) is 4. The van der Waals surface area contributed by atoms with E-state index in [9.17, 15) is 4.79 Å². The number of aromatic nitrogens is 1. The third-order valence-corrected chi connectivity index (χ3v) is 4.10. The molecule has 5 nitrogen and oxygen atoms in total. The summed E-state index contributed by atoms with van der Waals surface area (Å²) >= 11 is 0. The van der Waals surface area contributed by atoms with Gasteiger partial charge < -0.3 is 14.8 Å². The van der Waals surface area contributed by atoms with Crippen molar-refractivity contribution in [2.75, 3.05) is 19.0 Å². The number of methoxy groups -OCH3 is 1. The number of anilines is 1. The maximum absolute atomic E-state index is 13.0. The molecule has 25 heavy (non-hydrogen) atoms. The van der Waals surface area contributed by atoms with Crippen molar-refractivity contribution >= 4 is 22.5 Å². The molecule has 0 fully saturated rings. The van der Waals surface area contributed by atoms with Gasteiger partial charge >= 0.3 is 0 Å². The molecule has 0 radical (unpaired) electrons. The fraction of sp³-hybridized carbons (Fsp3) is 0.500. The van der Waals surface area contributed by atoms with Crippen molar-refractivity contribution in [1.29, 1.82) is 0 Å². The predicted molar refractivity (Wildman–Crippen MR) is 101 cm³/mol. The van der Waals surface area contributed by atoms with E-state index in [1.54, 1.807) is 13.3 Å². The van der Waals surface area contributed by atoms with E-state index < -0.39 is 5.60 Å². The molecule has 1 aromatic heterocycles. The molecule has 2 rings (SSSR count). The Balaban J connectivity index is 2.33. The van der Waals surface area contributed by atoms with Gasteiger partial charge in [0.2, 0.25) is 0 Å². The minimum absolute atomic E-state index is 0.134. The van der Waals surface area contributed by atoms with E-state index in [1.165, 1.54) is 0 Å². The molecule has 1 amide bonds. The fourth-order valence-corrected chi connectivity index (χ4v) is 3.00. The summed E-state index contributed by atoms with van der Waals surface area (Å²) < 4.78 is 11.3. The van der Waals surface area contributed by atoms with Gasteiger partial charge in [0.1, 0.15) is 16.9 Å². The van der Waals surface area contributed by atoms with Crippen LogP contribution in [0.3, 0.4) is 0 Å². The van der Waals surface area contributed by atoms with E-state index in [1.807, 2.05) is 38.1 Å². The average molecular weight is 344 g/mol. The molecule has 1 N–H and O–H groups in total. The van der Waals surface area contributed by atoms with Crippen molar-refractivity contribution in [1.82, 2.24) is 4.98 Å². The summed E-state index contributed by atoms with van der Waals surface area (Å²) in [5.41, 5.74) is 0.574. The smallest absolute Gasteiger partial charge is 0.256 e. The Bertz CT molecular complexity index is 730. The monoisotopic (exact) mass is 344 g/mol. The van der Waals surface area contributed by atoms with E-state index in [0.29, 0.717) is 30.4 Å². The van der Waals surface area contributed by atoms with Crippen molar-refractivity contribution in [3.63, 3.8) is 0 Å². The molecule has 0 bridgehead atoms. The first-order valence-electron chi connectivity index (χ1n) is 8.78. The van der Waals surface area contributed by atoms with Gasteiger partial charge in [-0.25, -0.2) is 0 Å². The van der Waals surface area contributed by atoms with Gasteiger partial charge in [0.25, 0.3) is 5.91 Å². The number of rotatable bonds is 8. The minimum atomic E-state index is -0.862. The Hall–Kier alpha value is -2.14. The van der Waals surface area contributed by atoms with Gasteiger partial charge in [0.05, 0.1) is 12.8 Å². The maximum Gasteiger partial charge on any atom is 0.256 e. The zero-order valence-electron chi connectivity index (χ0n) is 15.8. The Morgan fingerprint density at radius 2 is 2.08 bits per heavy atom. The van der Waals surface area contributed by atoms with Crippen LogP contribution >= 0.6 is 0 Å². The van der Waals surface area contributed by atoms with Crippen LogP contribution in [0.25, 0.3) is 10.9 Å². The van der Waals surface area contributed by atoms with Gasteiger partial charge in [-0.1, -0.05) is 20.8 Å². The largest absolute Gasteiger partial charge is 0.494 e. The number of carbonyl (C=O) groups is 1. The molecule has 136 valence electrons. The Kier molecular flexibility index (Phi) is 6.37. The normalized spacial score (nSPS) is 13.7. The number of nitrogens with one attached hydrogen (secondary N) is 1. The van der Waals surface area contributed by atoms with E-state index >= 15 is 0 Å². The molecule has 1 heterocycles. The Morgan fingerprint density at radius 1 is 1.32 bits per heavy atom. The second kappa shape index (κ2) is 8.30. The summed E-state index contributed by atoms with van der Waals surface area (Å²) in [4.78, 5) is 17.4. The van der Waals surface area contributed by atoms with E-state index in [4.69, 9.17) is 9.47 Å². The van der Waals surface area contributed by atoms with Gasteiger partial charge in [-0.15, -0.1) is 0 Å². The van der Waals surface area contributed by atoms with Crippen LogP contribution in [0.15, 0.2) is 30.5 Å². The molecule has 0 saturated heterocycles. The topological polar surface area (TPSA) is 60.5 Å². The average Bonchev–Trinajstić information content (AvgIpc) is 2.59. The van der Waals surface area contributed by atoms with Crippen LogP contribution in [0.2, 0.25) is 0 Å². The Morgan fingerprint density at radius 3 is 2.72 bits per heavy atom. The summed E-state index contributed by atoms with van der Waals surface area (Å²) in [6, 6.07) is 7.43. The molecule has 0 aliphatic rings. The molecule has 0 unspecified atom stereocenters. The summed E-state index contributed by atoms with van der Waals surface area (Å²) in [6.07, 6.45) is 3.24. The molecule has 1 atom stereocenters. The molecule has 0 spiro atoms. The van der Waals surface area contributed by atoms with E-state index in [0.717, 1.165) is 17.3 Å². The molecule has 0 saturated carbocycles. The number of benzene rings is 1. The molecule has 5 heteroatoms. The van der Waals surface area contributed by atoms with Crippen molar-refractivity contribution in [2.45, 2.75) is 46.1 Å². The number of carbonyl (C=O) groups excluding carboxylic acids is 1. The zero-order chi connectivity index (χ0) is 18.4. The molecule has 1 aromatic carbocycles. The lowest BCUT2D eigenvalue weighted by atomic mass is 9.92. The second-order valence-corrected chi connectivity index (χ2v) is 6.85. The highest BCUT2D eigenvalue weighted by molar-refractivity contribution is 6.05. The summed E-state index contributed by atoms with van der Waals surface area (Å²) in [5.74, 6) is 0.896. The first kappa shape index (κ1) is 19.2. The van der Waals surface area contributed by atoms with Gasteiger partial charge in [-0.3, -0.25) is 9.78 Å². The third kappa shape index (κ3) is 4.48. The molecular weight excluding hydrogens is 316 g/mol. The highest BCUT2D eigenvalue weighted by atomic mass is 16.5. The number of fused-ring (bicyclic) bond motifs is 1. The van der Waals surface area contributed by atoms with Gasteiger partial charge in [0, 0.05) is 18.2 Å². The molecule has 0 aliphatic heterocycles. The van der Waals surface area contributed by atoms with Crippen molar-refractivity contribution in [3.05, 3.63) is 30.5 Å². The number of pyridine rings is 1. The predicted octanol–water partition coefficient (Wildman–Crippen LogP) is 4.41. The van der Waals surface area contributed by atoms with Gasteiger partial charge in [-0.05, 0) is 49.9 Å². The Labute approximate surface area is 149 Å². The molecular formula is C20H28N2O3. The van der Waals surface area contributed by atoms with Crippen molar-refractivity contribution < 1.29 is 14.3 Å². The van der Waals surface area contributed by atoms with Crippen LogP contribution in [0, 0.1) is 5.92 Å². The highest BCUT2D eigenvalue weighted by Gasteiger charge is 2.35. The maximum atomic E-state index is 13.0. The quantitative estimate of drug-likeness (QED) is 0.770. The van der Waals surface area contributed by atoms with Gasteiger partial charge in [-0.2, -0.15) is 0 Å². The molecule has 2 aromatic rings. The fourth-order valence-electron chi connectivity index (χ4n) is 3.00. The zero-order valence-corrected chi connectivity index (χ0v) is 15.8. The second-order valence-electron chi connectivity index (χ2n) is 6.85. The van der Waals surface area contributed by atoms with Crippen LogP contribution in [0.1, 0.15) is 40.5 Å².